The van der Waals surface area contributed by atoms with Crippen LogP contribution < -0.4 is 5.32 Å². The number of para-hydroxylation sites is 2. The highest BCUT2D eigenvalue weighted by molar-refractivity contribution is 7.90. The van der Waals surface area contributed by atoms with E-state index in [0.29, 0.717) is 54.0 Å². The normalized spacial score (nSPS) is 14.5. The van der Waals surface area contributed by atoms with E-state index in [0.717, 1.165) is 5.56 Å². The van der Waals surface area contributed by atoms with Crippen LogP contribution in [-0.2, 0) is 31.5 Å². The van der Waals surface area contributed by atoms with Crippen LogP contribution in [0, 0.1) is 0 Å². The Balaban J connectivity index is 1.36. The summed E-state index contributed by atoms with van der Waals surface area (Å²) in [5.74, 6) is -1.51. The van der Waals surface area contributed by atoms with Crippen molar-refractivity contribution in [1.29, 1.82) is 0 Å². The first-order valence-corrected chi connectivity index (χ1v) is 16.6. The summed E-state index contributed by atoms with van der Waals surface area (Å²) in [6.45, 7) is 0.331. The van der Waals surface area contributed by atoms with Gasteiger partial charge in [0.1, 0.15) is 11.6 Å². The van der Waals surface area contributed by atoms with Gasteiger partial charge < -0.3 is 19.2 Å². The number of carbonyl (C=O) groups is 3. The Labute approximate surface area is 261 Å². The fourth-order valence-electron chi connectivity index (χ4n) is 4.98. The third kappa shape index (κ3) is 8.99. The average molecular weight is 634 g/mol. The van der Waals surface area contributed by atoms with Gasteiger partial charge in [-0.25, -0.2) is 27.9 Å². The summed E-state index contributed by atoms with van der Waals surface area (Å²) in [5, 5.41) is 2.65. The molecular weight excluding hydrogens is 598 g/mol. The first-order valence-electron chi connectivity index (χ1n) is 14.8. The van der Waals surface area contributed by atoms with Crippen LogP contribution in [0.15, 0.2) is 89.3 Å². The highest BCUT2D eigenvalue weighted by Crippen LogP contribution is 2.19. The third-order valence-electron chi connectivity index (χ3n) is 7.44. The Morgan fingerprint density at radius 1 is 0.911 bits per heavy atom. The molecule has 5 rings (SSSR count). The lowest BCUT2D eigenvalue weighted by Gasteiger charge is -2.27. The van der Waals surface area contributed by atoms with Crippen molar-refractivity contribution < 1.29 is 36.7 Å². The predicted molar refractivity (Wildman–Crippen MR) is 166 cm³/mol. The summed E-state index contributed by atoms with van der Waals surface area (Å²) >= 11 is 0. The second-order valence-corrected chi connectivity index (χ2v) is 13.0. The van der Waals surface area contributed by atoms with E-state index >= 15 is 0 Å². The molecule has 0 spiro atoms. The van der Waals surface area contributed by atoms with Gasteiger partial charge in [-0.1, -0.05) is 72.8 Å². The Hall–Kier alpha value is -4.55. The van der Waals surface area contributed by atoms with E-state index in [1.54, 1.807) is 54.6 Å². The number of Topliss-reactive ketones (excluding diaryl/α,β-unsaturated/α-hetero) is 1. The quantitative estimate of drug-likeness (QED) is 0.214. The van der Waals surface area contributed by atoms with Gasteiger partial charge in [0.25, 0.3) is 5.89 Å². The molecule has 1 aromatic heterocycles. The van der Waals surface area contributed by atoms with Crippen molar-refractivity contribution in [3.05, 3.63) is 102 Å². The molecular formula is C33H35N3O8S. The van der Waals surface area contributed by atoms with Crippen molar-refractivity contribution in [2.45, 2.75) is 43.6 Å². The fourth-order valence-corrected chi connectivity index (χ4v) is 6.29. The molecule has 1 N–H and O–H groups in total. The number of carbonyl (C=O) groups excluding carboxylic acids is 3. The Kier molecular flexibility index (Phi) is 10.6. The van der Waals surface area contributed by atoms with Gasteiger partial charge in [0, 0.05) is 19.4 Å². The molecule has 0 aliphatic carbocycles. The van der Waals surface area contributed by atoms with E-state index in [4.69, 9.17) is 13.9 Å². The standard InChI is InChI=1S/C33H35N3O8S/c37-30(31-34-27-13-7-8-14-29(27)44-31)28(16-15-24-9-3-1-4-10-24)35-32(38)36(33(39)43-26-17-20-42-21-18-26)19-22-45(40,41)23-25-11-5-2-6-12-25/h1-14,26,28H,15-23H2,(H,35,38)/t28-/m0/s1. The number of sulfone groups is 1. The van der Waals surface area contributed by atoms with Gasteiger partial charge in [0.05, 0.1) is 30.8 Å². The summed E-state index contributed by atoms with van der Waals surface area (Å²) in [7, 11) is -3.72. The van der Waals surface area contributed by atoms with Gasteiger partial charge in [0.2, 0.25) is 5.78 Å². The molecule has 12 heteroatoms. The van der Waals surface area contributed by atoms with E-state index in [-0.39, 0.29) is 18.1 Å². The lowest BCUT2D eigenvalue weighted by molar-refractivity contribution is -0.00641. The molecule has 0 unspecified atom stereocenters. The monoisotopic (exact) mass is 633 g/mol. The number of nitrogens with one attached hydrogen (secondary N) is 1. The molecule has 1 saturated heterocycles. The maximum atomic E-state index is 13.7. The number of oxazole rings is 1. The molecule has 11 nitrogen and oxygen atoms in total. The first kappa shape index (κ1) is 31.9. The van der Waals surface area contributed by atoms with E-state index in [1.165, 1.54) is 0 Å². The third-order valence-corrected chi connectivity index (χ3v) is 9.02. The van der Waals surface area contributed by atoms with Crippen molar-refractivity contribution in [3.8, 4) is 0 Å². The lowest BCUT2D eigenvalue weighted by Crippen LogP contribution is -2.52. The summed E-state index contributed by atoms with van der Waals surface area (Å²) in [6, 6.07) is 22.9. The number of ether oxygens (including phenoxy) is 2. The number of aromatic nitrogens is 1. The number of rotatable bonds is 12. The molecule has 236 valence electrons. The molecule has 1 aliphatic heterocycles. The minimum absolute atomic E-state index is 0.169. The number of nitrogens with zero attached hydrogens (tertiary/aromatic N) is 2. The number of imide groups is 1. The van der Waals surface area contributed by atoms with Gasteiger partial charge in [-0.3, -0.25) is 4.79 Å². The molecule has 3 amide bonds. The van der Waals surface area contributed by atoms with Crippen LogP contribution in [0.1, 0.15) is 41.1 Å². The molecule has 0 radical (unpaired) electrons. The number of amides is 3. The summed E-state index contributed by atoms with van der Waals surface area (Å²) in [6.07, 6.45) is 0.00792. The molecule has 1 aliphatic rings. The second kappa shape index (κ2) is 15.0. The maximum absolute atomic E-state index is 13.7. The van der Waals surface area contributed by atoms with Crippen molar-refractivity contribution >= 4 is 38.8 Å². The highest BCUT2D eigenvalue weighted by Gasteiger charge is 2.33. The number of fused-ring (bicyclic) bond motifs is 1. The number of hydrogen-bond donors (Lipinski definition) is 1. The lowest BCUT2D eigenvalue weighted by atomic mass is 10.0. The van der Waals surface area contributed by atoms with Crippen LogP contribution in [0.3, 0.4) is 0 Å². The minimum Gasteiger partial charge on any atom is -0.446 e. The van der Waals surface area contributed by atoms with Crippen LogP contribution in [-0.4, -0.2) is 73.9 Å². The topological polar surface area (TPSA) is 145 Å². The van der Waals surface area contributed by atoms with Crippen LogP contribution in [0.4, 0.5) is 9.59 Å². The number of ketones is 1. The summed E-state index contributed by atoms with van der Waals surface area (Å²) < 4.78 is 42.6. The molecule has 2 heterocycles. The Morgan fingerprint density at radius 3 is 2.24 bits per heavy atom. The zero-order valence-corrected chi connectivity index (χ0v) is 25.5. The predicted octanol–water partition coefficient (Wildman–Crippen LogP) is 4.95. The van der Waals surface area contributed by atoms with Crippen molar-refractivity contribution in [2.24, 2.45) is 0 Å². The van der Waals surface area contributed by atoms with Crippen molar-refractivity contribution in [1.82, 2.24) is 15.2 Å². The zero-order valence-electron chi connectivity index (χ0n) is 24.7. The zero-order chi connectivity index (χ0) is 31.6. The number of aryl methyl sites for hydroxylation is 1. The average Bonchev–Trinajstić information content (AvgIpc) is 3.48. The van der Waals surface area contributed by atoms with Crippen molar-refractivity contribution in [3.63, 3.8) is 0 Å². The maximum Gasteiger partial charge on any atom is 0.418 e. The second-order valence-electron chi connectivity index (χ2n) is 10.8. The number of hydrogen-bond acceptors (Lipinski definition) is 9. The SMILES string of the molecule is O=C(c1nc2ccccc2o1)[C@H](CCc1ccccc1)NC(=O)N(CCS(=O)(=O)Cc1ccccc1)C(=O)OC1CCOCC1. The molecule has 45 heavy (non-hydrogen) atoms. The highest BCUT2D eigenvalue weighted by atomic mass is 32.2. The molecule has 0 bridgehead atoms. The minimum atomic E-state index is -3.72. The van der Waals surface area contributed by atoms with Crippen LogP contribution in [0.5, 0.6) is 0 Å². The van der Waals surface area contributed by atoms with Gasteiger partial charge in [-0.05, 0) is 36.1 Å². The summed E-state index contributed by atoms with van der Waals surface area (Å²) in [4.78, 5) is 45.8. The molecule has 1 atom stereocenters. The fraction of sp³-hybridized carbons (Fsp3) is 0.333. The van der Waals surface area contributed by atoms with E-state index in [9.17, 15) is 22.8 Å². The Morgan fingerprint density at radius 2 is 1.56 bits per heavy atom. The number of urea groups is 1. The number of benzene rings is 3. The summed E-state index contributed by atoms with van der Waals surface area (Å²) in [5.41, 5.74) is 2.42. The molecule has 1 fully saturated rings. The largest absolute Gasteiger partial charge is 0.446 e. The van der Waals surface area contributed by atoms with Crippen LogP contribution in [0.25, 0.3) is 11.1 Å². The molecule has 0 saturated carbocycles. The first-order chi connectivity index (χ1) is 21.8. The van der Waals surface area contributed by atoms with Crippen molar-refractivity contribution in [2.75, 3.05) is 25.5 Å². The van der Waals surface area contributed by atoms with E-state index in [2.05, 4.69) is 10.3 Å². The smallest absolute Gasteiger partial charge is 0.418 e. The molecule has 4 aromatic rings. The van der Waals surface area contributed by atoms with Crippen LogP contribution >= 0.6 is 0 Å². The van der Waals surface area contributed by atoms with E-state index in [1.807, 2.05) is 30.3 Å². The van der Waals surface area contributed by atoms with Gasteiger partial charge in [0.15, 0.2) is 15.4 Å². The van der Waals surface area contributed by atoms with E-state index < -0.39 is 52.2 Å². The Bertz CT molecular complexity index is 1670. The van der Waals surface area contributed by atoms with Gasteiger partial charge >= 0.3 is 12.1 Å². The van der Waals surface area contributed by atoms with Gasteiger partial charge in [-0.2, -0.15) is 0 Å². The van der Waals surface area contributed by atoms with Gasteiger partial charge in [-0.15, -0.1) is 0 Å². The molecule has 3 aromatic carbocycles. The van der Waals surface area contributed by atoms with Crippen LogP contribution in [0.2, 0.25) is 0 Å².